The molecule has 0 aliphatic heterocycles. The summed E-state index contributed by atoms with van der Waals surface area (Å²) in [6, 6.07) is 4.20. The Morgan fingerprint density at radius 1 is 1.54 bits per heavy atom. The van der Waals surface area contributed by atoms with Gasteiger partial charge in [-0.15, -0.1) is 0 Å². The van der Waals surface area contributed by atoms with Gasteiger partial charge in [0.15, 0.2) is 11.6 Å². The van der Waals surface area contributed by atoms with Gasteiger partial charge in [0.1, 0.15) is 0 Å². The normalized spacial score (nSPS) is 12.6. The van der Waals surface area contributed by atoms with Crippen LogP contribution in [0.3, 0.4) is 0 Å². The first kappa shape index (κ1) is 9.95. The van der Waals surface area contributed by atoms with Crippen molar-refractivity contribution in [2.24, 2.45) is 0 Å². The number of rotatable bonds is 3. The van der Waals surface area contributed by atoms with Crippen LogP contribution in [0.2, 0.25) is 0 Å². The van der Waals surface area contributed by atoms with Crippen LogP contribution in [0, 0.1) is 5.82 Å². The molecule has 0 bridgehead atoms. The summed E-state index contributed by atoms with van der Waals surface area (Å²) < 4.78 is 17.7. The zero-order chi connectivity index (χ0) is 9.84. The number of hydrogen-bond donors (Lipinski definition) is 2. The number of ether oxygens (including phenoxy) is 1. The van der Waals surface area contributed by atoms with Crippen molar-refractivity contribution in [1.82, 2.24) is 5.48 Å². The van der Waals surface area contributed by atoms with Gasteiger partial charge in [-0.25, -0.2) is 4.39 Å². The van der Waals surface area contributed by atoms with Crippen LogP contribution in [0.15, 0.2) is 18.2 Å². The van der Waals surface area contributed by atoms with Gasteiger partial charge in [0.2, 0.25) is 0 Å². The molecule has 1 aromatic carbocycles. The van der Waals surface area contributed by atoms with E-state index in [1.807, 2.05) is 0 Å². The molecule has 4 heteroatoms. The Hall–Kier alpha value is -1.13. The maximum absolute atomic E-state index is 12.9. The summed E-state index contributed by atoms with van der Waals surface area (Å²) in [5.41, 5.74) is 2.84. The second-order valence-electron chi connectivity index (χ2n) is 2.74. The quantitative estimate of drug-likeness (QED) is 0.706. The Morgan fingerprint density at radius 3 is 2.77 bits per heavy atom. The minimum Gasteiger partial charge on any atom is -0.494 e. The van der Waals surface area contributed by atoms with Gasteiger partial charge in [0.25, 0.3) is 0 Å². The van der Waals surface area contributed by atoms with E-state index >= 15 is 0 Å². The number of halogens is 1. The fraction of sp³-hybridized carbons (Fsp3) is 0.333. The second kappa shape index (κ2) is 4.20. The summed E-state index contributed by atoms with van der Waals surface area (Å²) in [6.45, 7) is 1.76. The maximum Gasteiger partial charge on any atom is 0.165 e. The van der Waals surface area contributed by atoms with Gasteiger partial charge in [0.05, 0.1) is 13.2 Å². The van der Waals surface area contributed by atoms with Crippen molar-refractivity contribution in [3.05, 3.63) is 29.6 Å². The molecule has 1 rings (SSSR count). The van der Waals surface area contributed by atoms with Gasteiger partial charge in [-0.1, -0.05) is 6.07 Å². The van der Waals surface area contributed by atoms with Gasteiger partial charge in [-0.2, -0.15) is 5.48 Å². The topological polar surface area (TPSA) is 41.5 Å². The lowest BCUT2D eigenvalue weighted by Gasteiger charge is -2.10. The van der Waals surface area contributed by atoms with Crippen LogP contribution < -0.4 is 10.2 Å². The molecule has 0 saturated heterocycles. The Balaban J connectivity index is 2.99. The molecule has 0 aliphatic rings. The molecular weight excluding hydrogens is 173 g/mol. The smallest absolute Gasteiger partial charge is 0.165 e. The Labute approximate surface area is 76.1 Å². The third-order valence-corrected chi connectivity index (χ3v) is 1.87. The molecule has 13 heavy (non-hydrogen) atoms. The van der Waals surface area contributed by atoms with E-state index in [0.29, 0.717) is 0 Å². The maximum atomic E-state index is 12.9. The van der Waals surface area contributed by atoms with E-state index in [-0.39, 0.29) is 11.8 Å². The average Bonchev–Trinajstić information content (AvgIpc) is 2.17. The highest BCUT2D eigenvalue weighted by Crippen LogP contribution is 2.21. The summed E-state index contributed by atoms with van der Waals surface area (Å²) in [7, 11) is 1.40. The zero-order valence-electron chi connectivity index (χ0n) is 7.54. The summed E-state index contributed by atoms with van der Waals surface area (Å²) in [5, 5.41) is 8.64. The molecule has 0 heterocycles. The fourth-order valence-corrected chi connectivity index (χ4v) is 1.02. The molecule has 2 N–H and O–H groups in total. The lowest BCUT2D eigenvalue weighted by Crippen LogP contribution is -2.13. The predicted octanol–water partition coefficient (Wildman–Crippen LogP) is 1.87. The molecule has 0 saturated carbocycles. The summed E-state index contributed by atoms with van der Waals surface area (Å²) >= 11 is 0. The molecule has 0 spiro atoms. The SMILES string of the molecule is COc1cc(C(C)NO)ccc1F. The fourth-order valence-electron chi connectivity index (χ4n) is 1.02. The number of hydrogen-bond acceptors (Lipinski definition) is 3. The van der Waals surface area contributed by atoms with E-state index in [0.717, 1.165) is 5.56 Å². The van der Waals surface area contributed by atoms with Crippen LogP contribution in [0.5, 0.6) is 5.75 Å². The van der Waals surface area contributed by atoms with Gasteiger partial charge < -0.3 is 9.94 Å². The van der Waals surface area contributed by atoms with Crippen molar-refractivity contribution in [3.63, 3.8) is 0 Å². The lowest BCUT2D eigenvalue weighted by atomic mass is 10.1. The largest absolute Gasteiger partial charge is 0.494 e. The molecule has 3 nitrogen and oxygen atoms in total. The van der Waals surface area contributed by atoms with Gasteiger partial charge >= 0.3 is 0 Å². The first-order chi connectivity index (χ1) is 6.19. The Kier molecular flexibility index (Phi) is 3.22. The molecule has 0 amide bonds. The van der Waals surface area contributed by atoms with Crippen molar-refractivity contribution >= 4 is 0 Å². The van der Waals surface area contributed by atoms with Crippen molar-refractivity contribution in [2.75, 3.05) is 7.11 Å². The Morgan fingerprint density at radius 2 is 2.23 bits per heavy atom. The molecule has 0 aliphatic carbocycles. The van der Waals surface area contributed by atoms with E-state index in [2.05, 4.69) is 5.48 Å². The predicted molar refractivity (Wildman–Crippen MR) is 46.3 cm³/mol. The second-order valence-corrected chi connectivity index (χ2v) is 2.74. The molecule has 0 radical (unpaired) electrons. The summed E-state index contributed by atoms with van der Waals surface area (Å²) in [4.78, 5) is 0. The van der Waals surface area contributed by atoms with Crippen LogP contribution >= 0.6 is 0 Å². The van der Waals surface area contributed by atoms with E-state index in [1.54, 1.807) is 19.1 Å². The van der Waals surface area contributed by atoms with Crippen LogP contribution in [0.25, 0.3) is 0 Å². The van der Waals surface area contributed by atoms with Gasteiger partial charge in [-0.3, -0.25) is 0 Å². The average molecular weight is 185 g/mol. The van der Waals surface area contributed by atoms with Crippen LogP contribution in [0.4, 0.5) is 4.39 Å². The van der Waals surface area contributed by atoms with E-state index < -0.39 is 5.82 Å². The standard InChI is InChI=1S/C9H12FNO2/c1-6(11-12)7-3-4-8(10)9(5-7)13-2/h3-6,11-12H,1-2H3. The first-order valence-electron chi connectivity index (χ1n) is 3.92. The van der Waals surface area contributed by atoms with Crippen molar-refractivity contribution in [2.45, 2.75) is 13.0 Å². The van der Waals surface area contributed by atoms with E-state index in [4.69, 9.17) is 9.94 Å². The third-order valence-electron chi connectivity index (χ3n) is 1.87. The molecule has 0 fully saturated rings. The highest BCUT2D eigenvalue weighted by molar-refractivity contribution is 5.31. The van der Waals surface area contributed by atoms with Gasteiger partial charge in [0, 0.05) is 0 Å². The summed E-state index contributed by atoms with van der Waals surface area (Å²) in [5.74, 6) is -0.226. The number of benzene rings is 1. The highest BCUT2D eigenvalue weighted by atomic mass is 19.1. The lowest BCUT2D eigenvalue weighted by molar-refractivity contribution is 0.133. The Bertz CT molecular complexity index is 291. The number of nitrogens with one attached hydrogen (secondary N) is 1. The van der Waals surface area contributed by atoms with Crippen molar-refractivity contribution < 1.29 is 14.3 Å². The molecule has 1 aromatic rings. The van der Waals surface area contributed by atoms with Gasteiger partial charge in [-0.05, 0) is 24.6 Å². The summed E-state index contributed by atoms with van der Waals surface area (Å²) in [6.07, 6.45) is 0. The van der Waals surface area contributed by atoms with E-state index in [1.165, 1.54) is 13.2 Å². The van der Waals surface area contributed by atoms with Crippen LogP contribution in [0.1, 0.15) is 18.5 Å². The molecule has 0 aromatic heterocycles. The third kappa shape index (κ3) is 2.17. The molecular formula is C9H12FNO2. The number of hydroxylamine groups is 1. The zero-order valence-corrected chi connectivity index (χ0v) is 7.54. The van der Waals surface area contributed by atoms with Crippen molar-refractivity contribution in [3.8, 4) is 5.75 Å². The van der Waals surface area contributed by atoms with E-state index in [9.17, 15) is 4.39 Å². The minimum atomic E-state index is -0.406. The highest BCUT2D eigenvalue weighted by Gasteiger charge is 2.07. The van der Waals surface area contributed by atoms with Crippen molar-refractivity contribution in [1.29, 1.82) is 0 Å². The molecule has 1 unspecified atom stereocenters. The van der Waals surface area contributed by atoms with Crippen LogP contribution in [-0.4, -0.2) is 12.3 Å². The van der Waals surface area contributed by atoms with Crippen LogP contribution in [-0.2, 0) is 0 Å². The molecule has 72 valence electrons. The minimum absolute atomic E-state index is 0.180. The first-order valence-corrected chi connectivity index (χ1v) is 3.92. The number of methoxy groups -OCH3 is 1. The molecule has 1 atom stereocenters. The monoisotopic (exact) mass is 185 g/mol.